The highest BCUT2D eigenvalue weighted by atomic mass is 19.1. The second-order valence-corrected chi connectivity index (χ2v) is 2.42. The van der Waals surface area contributed by atoms with Crippen LogP contribution >= 0.6 is 0 Å². The quantitative estimate of drug-likeness (QED) is 0.645. The Morgan fingerprint density at radius 2 is 1.83 bits per heavy atom. The van der Waals surface area contributed by atoms with Gasteiger partial charge in [-0.3, -0.25) is 0 Å². The van der Waals surface area contributed by atoms with Crippen molar-refractivity contribution in [2.45, 2.75) is 0 Å². The predicted molar refractivity (Wildman–Crippen MR) is 41.9 cm³/mol. The van der Waals surface area contributed by atoms with Gasteiger partial charge in [0, 0.05) is 5.56 Å². The lowest BCUT2D eigenvalue weighted by Gasteiger charge is -1.93. The van der Waals surface area contributed by atoms with Crippen LogP contribution in [0.1, 0.15) is 0 Å². The molecule has 0 fully saturated rings. The average Bonchev–Trinajstić information content (AvgIpc) is 2.58. The fourth-order valence-corrected chi connectivity index (χ4v) is 0.990. The van der Waals surface area contributed by atoms with Crippen molar-refractivity contribution in [3.05, 3.63) is 42.5 Å². The van der Waals surface area contributed by atoms with Gasteiger partial charge in [-0.25, -0.2) is 4.39 Å². The molecule has 0 radical (unpaired) electrons. The third kappa shape index (κ3) is 1.21. The molecule has 2 rings (SSSR count). The Bertz CT molecular complexity index is 353. The van der Waals surface area contributed by atoms with E-state index in [0.717, 1.165) is 11.1 Å². The number of rotatable bonds is 1. The molecule has 2 nitrogen and oxygen atoms in total. The Morgan fingerprint density at radius 3 is 2.42 bits per heavy atom. The van der Waals surface area contributed by atoms with Crippen LogP contribution in [0, 0.1) is 5.82 Å². The maximum absolute atomic E-state index is 12.5. The van der Waals surface area contributed by atoms with Crippen LogP contribution in [0.25, 0.3) is 11.1 Å². The summed E-state index contributed by atoms with van der Waals surface area (Å²) >= 11 is 0. The maximum Gasteiger partial charge on any atom is 0.131 e. The Hall–Kier alpha value is -1.64. The summed E-state index contributed by atoms with van der Waals surface area (Å²) in [5, 5.41) is 3.55. The first-order valence-electron chi connectivity index (χ1n) is 3.51. The van der Waals surface area contributed by atoms with Gasteiger partial charge in [0.2, 0.25) is 0 Å². The van der Waals surface area contributed by atoms with Gasteiger partial charge in [0.25, 0.3) is 0 Å². The first kappa shape index (κ1) is 7.03. The third-order valence-electron chi connectivity index (χ3n) is 1.61. The highest BCUT2D eigenvalue weighted by Crippen LogP contribution is 2.17. The monoisotopic (exact) mass is 163 g/mol. The van der Waals surface area contributed by atoms with Crippen molar-refractivity contribution in [1.29, 1.82) is 0 Å². The molecule has 0 N–H and O–H groups in total. The van der Waals surface area contributed by atoms with Crippen LogP contribution in [-0.4, -0.2) is 5.16 Å². The van der Waals surface area contributed by atoms with E-state index >= 15 is 0 Å². The number of benzene rings is 1. The van der Waals surface area contributed by atoms with Crippen LogP contribution in [0.5, 0.6) is 0 Å². The summed E-state index contributed by atoms with van der Waals surface area (Å²) in [6, 6.07) is 6.18. The number of hydrogen-bond acceptors (Lipinski definition) is 2. The standard InChI is InChI=1S/C9H6FNO/c10-9-3-1-7(2-4-9)8-5-11-12-6-8/h1-6H. The first-order valence-corrected chi connectivity index (χ1v) is 3.51. The smallest absolute Gasteiger partial charge is 0.131 e. The van der Waals surface area contributed by atoms with Gasteiger partial charge in [-0.15, -0.1) is 0 Å². The van der Waals surface area contributed by atoms with Crippen LogP contribution in [0.15, 0.2) is 41.2 Å². The highest BCUT2D eigenvalue weighted by molar-refractivity contribution is 5.60. The normalized spacial score (nSPS) is 10.1. The van der Waals surface area contributed by atoms with Gasteiger partial charge in [-0.1, -0.05) is 17.3 Å². The van der Waals surface area contributed by atoms with Crippen molar-refractivity contribution < 1.29 is 8.91 Å². The van der Waals surface area contributed by atoms with Crippen molar-refractivity contribution in [1.82, 2.24) is 5.16 Å². The fraction of sp³-hybridized carbons (Fsp3) is 0. The molecule has 1 aromatic heterocycles. The van der Waals surface area contributed by atoms with Gasteiger partial charge in [-0.2, -0.15) is 0 Å². The van der Waals surface area contributed by atoms with Crippen LogP contribution in [0.2, 0.25) is 0 Å². The van der Waals surface area contributed by atoms with E-state index in [9.17, 15) is 4.39 Å². The van der Waals surface area contributed by atoms with Gasteiger partial charge in [0.1, 0.15) is 12.1 Å². The van der Waals surface area contributed by atoms with E-state index in [1.165, 1.54) is 18.4 Å². The molecule has 0 unspecified atom stereocenters. The summed E-state index contributed by atoms with van der Waals surface area (Å²) in [5.74, 6) is -0.241. The van der Waals surface area contributed by atoms with Gasteiger partial charge < -0.3 is 4.52 Å². The molecular weight excluding hydrogens is 157 g/mol. The molecule has 3 heteroatoms. The summed E-state index contributed by atoms with van der Waals surface area (Å²) in [6.07, 6.45) is 3.11. The average molecular weight is 163 g/mol. The van der Waals surface area contributed by atoms with Gasteiger partial charge >= 0.3 is 0 Å². The van der Waals surface area contributed by atoms with E-state index < -0.39 is 0 Å². The van der Waals surface area contributed by atoms with E-state index in [1.54, 1.807) is 18.3 Å². The lowest BCUT2D eigenvalue weighted by molar-refractivity contribution is 0.420. The maximum atomic E-state index is 12.5. The molecule has 0 aliphatic rings. The zero-order valence-electron chi connectivity index (χ0n) is 6.20. The molecule has 0 amide bonds. The molecule has 0 aliphatic heterocycles. The van der Waals surface area contributed by atoms with E-state index in [0.29, 0.717) is 0 Å². The summed E-state index contributed by atoms with van der Waals surface area (Å²) in [5.41, 5.74) is 1.76. The molecule has 12 heavy (non-hydrogen) atoms. The van der Waals surface area contributed by atoms with Crippen LogP contribution in [-0.2, 0) is 0 Å². The predicted octanol–water partition coefficient (Wildman–Crippen LogP) is 2.48. The SMILES string of the molecule is Fc1ccc(-c2cnoc2)cc1. The Morgan fingerprint density at radius 1 is 1.08 bits per heavy atom. The van der Waals surface area contributed by atoms with E-state index in [-0.39, 0.29) is 5.82 Å². The zero-order chi connectivity index (χ0) is 8.39. The van der Waals surface area contributed by atoms with Crippen LogP contribution in [0.3, 0.4) is 0 Å². The topological polar surface area (TPSA) is 26.0 Å². The number of aromatic nitrogens is 1. The lowest BCUT2D eigenvalue weighted by atomic mass is 10.1. The minimum absolute atomic E-state index is 0.241. The molecule has 0 saturated carbocycles. The molecule has 1 aromatic carbocycles. The zero-order valence-corrected chi connectivity index (χ0v) is 6.20. The highest BCUT2D eigenvalue weighted by Gasteiger charge is 1.98. The minimum atomic E-state index is -0.241. The van der Waals surface area contributed by atoms with Crippen molar-refractivity contribution >= 4 is 0 Å². The fourth-order valence-electron chi connectivity index (χ4n) is 0.990. The Kier molecular flexibility index (Phi) is 1.63. The Balaban J connectivity index is 2.43. The molecule has 0 spiro atoms. The largest absolute Gasteiger partial charge is 0.364 e. The number of hydrogen-bond donors (Lipinski definition) is 0. The van der Waals surface area contributed by atoms with Crippen molar-refractivity contribution in [3.8, 4) is 11.1 Å². The van der Waals surface area contributed by atoms with Crippen LogP contribution < -0.4 is 0 Å². The van der Waals surface area contributed by atoms with Crippen molar-refractivity contribution in [3.63, 3.8) is 0 Å². The number of halogens is 1. The first-order chi connectivity index (χ1) is 5.86. The lowest BCUT2D eigenvalue weighted by Crippen LogP contribution is -1.74. The van der Waals surface area contributed by atoms with Crippen molar-refractivity contribution in [2.75, 3.05) is 0 Å². The molecule has 1 heterocycles. The summed E-state index contributed by atoms with van der Waals surface area (Å²) in [4.78, 5) is 0. The van der Waals surface area contributed by atoms with E-state index in [1.807, 2.05) is 0 Å². The summed E-state index contributed by atoms with van der Waals surface area (Å²) in [6.45, 7) is 0. The summed E-state index contributed by atoms with van der Waals surface area (Å²) in [7, 11) is 0. The molecule has 2 aromatic rings. The van der Waals surface area contributed by atoms with Gasteiger partial charge in [0.05, 0.1) is 6.20 Å². The summed E-state index contributed by atoms with van der Waals surface area (Å²) < 4.78 is 17.1. The number of nitrogens with zero attached hydrogens (tertiary/aromatic N) is 1. The van der Waals surface area contributed by atoms with Gasteiger partial charge in [0.15, 0.2) is 0 Å². The van der Waals surface area contributed by atoms with Gasteiger partial charge in [-0.05, 0) is 17.7 Å². The van der Waals surface area contributed by atoms with Crippen LogP contribution in [0.4, 0.5) is 4.39 Å². The van der Waals surface area contributed by atoms with E-state index in [2.05, 4.69) is 9.68 Å². The molecule has 0 saturated heterocycles. The molecule has 60 valence electrons. The minimum Gasteiger partial charge on any atom is -0.364 e. The molecule has 0 aliphatic carbocycles. The molecule has 0 atom stereocenters. The van der Waals surface area contributed by atoms with Crippen molar-refractivity contribution in [2.24, 2.45) is 0 Å². The second kappa shape index (κ2) is 2.77. The second-order valence-electron chi connectivity index (χ2n) is 2.42. The van der Waals surface area contributed by atoms with E-state index in [4.69, 9.17) is 0 Å². The Labute approximate surface area is 68.6 Å². The molecule has 0 bridgehead atoms. The third-order valence-corrected chi connectivity index (χ3v) is 1.61. The molecular formula is C9H6FNO.